The number of hydrogen-bond donors (Lipinski definition) is 1. The maximum atomic E-state index is 11.4. The maximum absolute atomic E-state index is 11.4. The zero-order valence-corrected chi connectivity index (χ0v) is 13.3. The van der Waals surface area contributed by atoms with E-state index in [1.165, 1.54) is 0 Å². The molecule has 0 aromatic rings. The first kappa shape index (κ1) is 19.0. The highest BCUT2D eigenvalue weighted by Gasteiger charge is 2.15. The summed E-state index contributed by atoms with van der Waals surface area (Å²) < 4.78 is 26.4. The van der Waals surface area contributed by atoms with Gasteiger partial charge in [-0.3, -0.25) is 4.57 Å². The standard InChI is InChI=1S/C11H26NO6P/c1-10(2)16-8-11(13)9-18-19(14,15)17-7-6-12(3,4)5/h10-11,13H,6-9H2,1-5H3/t11-/m1/s1. The minimum absolute atomic E-state index is 0.0244. The number of nitrogens with zero attached hydrogens (tertiary/aromatic N) is 1. The second kappa shape index (κ2) is 8.32. The van der Waals surface area contributed by atoms with Crippen molar-refractivity contribution in [1.82, 2.24) is 0 Å². The van der Waals surface area contributed by atoms with Gasteiger partial charge in [0, 0.05) is 0 Å². The second-order valence-corrected chi connectivity index (χ2v) is 7.04. The molecular weight excluding hydrogens is 273 g/mol. The van der Waals surface area contributed by atoms with Crippen LogP contribution in [0.25, 0.3) is 0 Å². The van der Waals surface area contributed by atoms with Crippen LogP contribution in [0.3, 0.4) is 0 Å². The Kier molecular flexibility index (Phi) is 8.31. The third kappa shape index (κ3) is 12.8. The van der Waals surface area contributed by atoms with Gasteiger partial charge < -0.3 is 28.3 Å². The lowest BCUT2D eigenvalue weighted by Crippen LogP contribution is -2.37. The van der Waals surface area contributed by atoms with Crippen molar-refractivity contribution >= 4 is 7.82 Å². The summed E-state index contributed by atoms with van der Waals surface area (Å²) in [5, 5.41) is 9.45. The van der Waals surface area contributed by atoms with E-state index in [4.69, 9.17) is 9.26 Å². The van der Waals surface area contributed by atoms with E-state index in [-0.39, 0.29) is 25.9 Å². The molecule has 7 nitrogen and oxygen atoms in total. The summed E-state index contributed by atoms with van der Waals surface area (Å²) in [6, 6.07) is 0. The number of aliphatic hydroxyl groups is 1. The maximum Gasteiger partial charge on any atom is 0.268 e. The third-order valence-electron chi connectivity index (χ3n) is 2.06. The van der Waals surface area contributed by atoms with Crippen molar-refractivity contribution < 1.29 is 32.8 Å². The lowest BCUT2D eigenvalue weighted by Gasteiger charge is -2.27. The van der Waals surface area contributed by atoms with Crippen LogP contribution in [-0.2, 0) is 18.3 Å². The van der Waals surface area contributed by atoms with Crippen molar-refractivity contribution in [2.75, 3.05) is 47.5 Å². The molecule has 2 atom stereocenters. The summed E-state index contributed by atoms with van der Waals surface area (Å²) in [5.41, 5.74) is 0. The molecule has 0 aliphatic carbocycles. The van der Waals surface area contributed by atoms with Gasteiger partial charge in [-0.25, -0.2) is 0 Å². The van der Waals surface area contributed by atoms with Crippen molar-refractivity contribution in [3.05, 3.63) is 0 Å². The van der Waals surface area contributed by atoms with Gasteiger partial charge >= 0.3 is 0 Å². The van der Waals surface area contributed by atoms with Crippen LogP contribution in [0, 0.1) is 0 Å². The van der Waals surface area contributed by atoms with Gasteiger partial charge in [0.25, 0.3) is 7.82 Å². The highest BCUT2D eigenvalue weighted by Crippen LogP contribution is 2.38. The van der Waals surface area contributed by atoms with Gasteiger partial charge in [-0.15, -0.1) is 0 Å². The number of likely N-dealkylation sites (N-methyl/N-ethyl adjacent to an activating group) is 1. The molecule has 0 saturated carbocycles. The number of rotatable bonds is 10. The Hall–Kier alpha value is -0.0100. The van der Waals surface area contributed by atoms with Gasteiger partial charge in [0.05, 0.1) is 40.5 Å². The van der Waals surface area contributed by atoms with Crippen LogP contribution in [0.4, 0.5) is 0 Å². The van der Waals surface area contributed by atoms with Crippen LogP contribution in [0.2, 0.25) is 0 Å². The SMILES string of the molecule is CC(C)OC[C@@H](O)COP(=O)([O-])OCC[N+](C)(C)C. The summed E-state index contributed by atoms with van der Waals surface area (Å²) in [5.74, 6) is 0. The van der Waals surface area contributed by atoms with E-state index in [2.05, 4.69) is 4.52 Å². The molecule has 0 saturated heterocycles. The molecule has 0 bridgehead atoms. The summed E-state index contributed by atoms with van der Waals surface area (Å²) in [7, 11) is 1.42. The molecule has 0 amide bonds. The average molecular weight is 299 g/mol. The van der Waals surface area contributed by atoms with Crippen LogP contribution in [-0.4, -0.2) is 69.3 Å². The Labute approximate surface area is 115 Å². The third-order valence-corrected chi connectivity index (χ3v) is 3.02. The van der Waals surface area contributed by atoms with Crippen molar-refractivity contribution in [1.29, 1.82) is 0 Å². The normalized spacial score (nSPS) is 17.5. The summed E-state index contributed by atoms with van der Waals surface area (Å²) >= 11 is 0. The van der Waals surface area contributed by atoms with Crippen LogP contribution in [0.5, 0.6) is 0 Å². The number of phosphoric acid groups is 1. The number of quaternary nitrogens is 1. The molecule has 0 rings (SSSR count). The van der Waals surface area contributed by atoms with Gasteiger partial charge in [-0.1, -0.05) is 0 Å². The van der Waals surface area contributed by atoms with Crippen LogP contribution in [0.1, 0.15) is 13.8 Å². The molecule has 1 N–H and O–H groups in total. The zero-order chi connectivity index (χ0) is 15.1. The summed E-state index contributed by atoms with van der Waals surface area (Å²) in [6.45, 7) is 3.88. The first-order valence-electron chi connectivity index (χ1n) is 6.22. The lowest BCUT2D eigenvalue weighted by atomic mass is 10.4. The van der Waals surface area contributed by atoms with Crippen LogP contribution < -0.4 is 4.89 Å². The minimum atomic E-state index is -4.36. The molecule has 19 heavy (non-hydrogen) atoms. The van der Waals surface area contributed by atoms with E-state index in [1.54, 1.807) is 0 Å². The number of aliphatic hydroxyl groups excluding tert-OH is 1. The van der Waals surface area contributed by atoms with Gasteiger partial charge in [0.1, 0.15) is 19.3 Å². The van der Waals surface area contributed by atoms with Gasteiger partial charge in [0.15, 0.2) is 0 Å². The molecule has 0 heterocycles. The Morgan fingerprint density at radius 3 is 2.26 bits per heavy atom. The molecule has 8 heteroatoms. The van der Waals surface area contributed by atoms with Crippen LogP contribution in [0.15, 0.2) is 0 Å². The predicted octanol–water partition coefficient (Wildman–Crippen LogP) is -0.0199. The highest BCUT2D eigenvalue weighted by atomic mass is 31.2. The summed E-state index contributed by atoms with van der Waals surface area (Å²) in [6.07, 6.45) is -1.03. The topological polar surface area (TPSA) is 88.0 Å². The Bertz CT molecular complexity index is 291. The fourth-order valence-electron chi connectivity index (χ4n) is 0.993. The van der Waals surface area contributed by atoms with E-state index < -0.39 is 13.9 Å². The average Bonchev–Trinajstić information content (AvgIpc) is 2.21. The first-order valence-corrected chi connectivity index (χ1v) is 7.68. The molecule has 0 aliphatic rings. The first-order chi connectivity index (χ1) is 8.52. The number of ether oxygens (including phenoxy) is 1. The summed E-state index contributed by atoms with van der Waals surface area (Å²) in [4.78, 5) is 11.4. The molecule has 0 fully saturated rings. The van der Waals surface area contributed by atoms with Crippen molar-refractivity contribution in [2.24, 2.45) is 0 Å². The monoisotopic (exact) mass is 299 g/mol. The molecular formula is C11H26NO6P. The highest BCUT2D eigenvalue weighted by molar-refractivity contribution is 7.45. The molecule has 0 radical (unpaired) electrons. The second-order valence-electron chi connectivity index (χ2n) is 5.63. The fraction of sp³-hybridized carbons (Fsp3) is 1.00. The Morgan fingerprint density at radius 2 is 1.79 bits per heavy atom. The lowest BCUT2D eigenvalue weighted by molar-refractivity contribution is -0.870. The van der Waals surface area contributed by atoms with Crippen LogP contribution >= 0.6 is 7.82 Å². The molecule has 0 aromatic carbocycles. The van der Waals surface area contributed by atoms with E-state index in [9.17, 15) is 14.6 Å². The largest absolute Gasteiger partial charge is 0.756 e. The van der Waals surface area contributed by atoms with E-state index in [1.807, 2.05) is 35.0 Å². The van der Waals surface area contributed by atoms with E-state index in [0.29, 0.717) is 11.0 Å². The predicted molar refractivity (Wildman–Crippen MR) is 69.5 cm³/mol. The molecule has 0 spiro atoms. The fourth-order valence-corrected chi connectivity index (χ4v) is 1.73. The quantitative estimate of drug-likeness (QED) is 0.450. The zero-order valence-electron chi connectivity index (χ0n) is 12.4. The Morgan fingerprint density at radius 1 is 1.21 bits per heavy atom. The molecule has 0 aliphatic heterocycles. The van der Waals surface area contributed by atoms with E-state index in [0.717, 1.165) is 0 Å². The Balaban J connectivity index is 3.87. The minimum Gasteiger partial charge on any atom is -0.756 e. The number of phosphoric ester groups is 1. The van der Waals surface area contributed by atoms with Gasteiger partial charge in [0.2, 0.25) is 0 Å². The molecule has 116 valence electrons. The number of hydrogen-bond acceptors (Lipinski definition) is 6. The molecule has 0 aromatic heterocycles. The molecule has 1 unspecified atom stereocenters. The van der Waals surface area contributed by atoms with Crippen molar-refractivity contribution in [2.45, 2.75) is 26.1 Å². The van der Waals surface area contributed by atoms with Gasteiger partial charge in [-0.2, -0.15) is 0 Å². The smallest absolute Gasteiger partial charge is 0.268 e. The van der Waals surface area contributed by atoms with Crippen molar-refractivity contribution in [3.8, 4) is 0 Å². The van der Waals surface area contributed by atoms with Gasteiger partial charge in [-0.05, 0) is 13.8 Å². The van der Waals surface area contributed by atoms with E-state index >= 15 is 0 Å². The van der Waals surface area contributed by atoms with Crippen molar-refractivity contribution in [3.63, 3.8) is 0 Å².